The van der Waals surface area contributed by atoms with E-state index < -0.39 is 0 Å². The molecule has 1 aliphatic carbocycles. The summed E-state index contributed by atoms with van der Waals surface area (Å²) in [7, 11) is 0. The molecule has 0 radical (unpaired) electrons. The molecule has 1 aromatic heterocycles. The highest BCUT2D eigenvalue weighted by Crippen LogP contribution is 2.19. The average molecular weight is 290 g/mol. The molecule has 0 unspecified atom stereocenters. The molecule has 0 saturated heterocycles. The van der Waals surface area contributed by atoms with Crippen LogP contribution in [0.5, 0.6) is 0 Å². The Bertz CT molecular complexity index is 667. The monoisotopic (exact) mass is 290 g/mol. The first-order valence-electron chi connectivity index (χ1n) is 6.75. The Kier molecular flexibility index (Phi) is 3.55. The smallest absolute Gasteiger partial charge is 0.315 e. The van der Waals surface area contributed by atoms with Crippen LogP contribution in [-0.4, -0.2) is 22.2 Å². The van der Waals surface area contributed by atoms with Crippen molar-refractivity contribution >= 4 is 6.03 Å². The number of hydrogen-bond donors (Lipinski definition) is 2. The molecule has 21 heavy (non-hydrogen) atoms. The fourth-order valence-corrected chi connectivity index (χ4v) is 1.80. The van der Waals surface area contributed by atoms with E-state index in [0.717, 1.165) is 12.8 Å². The van der Waals surface area contributed by atoms with Gasteiger partial charge in [-0.15, -0.1) is 0 Å². The SMILES string of the molecule is Cc1ccc(-c2noc(CNC(=O)NC3CC3)n2)cc1F. The Hall–Kier alpha value is -2.44. The van der Waals surface area contributed by atoms with Crippen LogP contribution in [0.2, 0.25) is 0 Å². The summed E-state index contributed by atoms with van der Waals surface area (Å²) >= 11 is 0. The van der Waals surface area contributed by atoms with Gasteiger partial charge in [0, 0.05) is 11.6 Å². The Morgan fingerprint density at radius 3 is 3.00 bits per heavy atom. The van der Waals surface area contributed by atoms with Gasteiger partial charge in [0.2, 0.25) is 11.7 Å². The first kappa shape index (κ1) is 13.5. The van der Waals surface area contributed by atoms with Gasteiger partial charge in [0.15, 0.2) is 0 Å². The van der Waals surface area contributed by atoms with Gasteiger partial charge in [0.1, 0.15) is 5.82 Å². The minimum atomic E-state index is -0.319. The Morgan fingerprint density at radius 2 is 2.29 bits per heavy atom. The average Bonchev–Trinajstić information content (AvgIpc) is 3.14. The first-order chi connectivity index (χ1) is 10.1. The van der Waals surface area contributed by atoms with E-state index in [2.05, 4.69) is 20.8 Å². The van der Waals surface area contributed by atoms with Gasteiger partial charge in [-0.2, -0.15) is 4.98 Å². The third-order valence-corrected chi connectivity index (χ3v) is 3.21. The predicted octanol–water partition coefficient (Wildman–Crippen LogP) is 2.15. The van der Waals surface area contributed by atoms with E-state index in [1.165, 1.54) is 6.07 Å². The molecule has 0 atom stereocenters. The summed E-state index contributed by atoms with van der Waals surface area (Å²) in [6, 6.07) is 4.77. The van der Waals surface area contributed by atoms with Crippen molar-refractivity contribution in [2.45, 2.75) is 32.4 Å². The van der Waals surface area contributed by atoms with Gasteiger partial charge in [-0.1, -0.05) is 17.3 Å². The first-order valence-corrected chi connectivity index (χ1v) is 6.75. The summed E-state index contributed by atoms with van der Waals surface area (Å²) in [4.78, 5) is 15.6. The fraction of sp³-hybridized carbons (Fsp3) is 0.357. The summed E-state index contributed by atoms with van der Waals surface area (Å²) in [5, 5.41) is 9.21. The van der Waals surface area contributed by atoms with Gasteiger partial charge in [-0.3, -0.25) is 0 Å². The number of nitrogens with zero attached hydrogens (tertiary/aromatic N) is 2. The highest BCUT2D eigenvalue weighted by atomic mass is 19.1. The molecule has 1 heterocycles. The summed E-state index contributed by atoms with van der Waals surface area (Å²) in [6.45, 7) is 1.82. The van der Waals surface area contributed by atoms with E-state index in [0.29, 0.717) is 23.0 Å². The molecule has 110 valence electrons. The van der Waals surface area contributed by atoms with Crippen LogP contribution < -0.4 is 10.6 Å². The van der Waals surface area contributed by atoms with Crippen LogP contribution in [-0.2, 0) is 6.54 Å². The standard InChI is InChI=1S/C14H15FN4O2/c1-8-2-3-9(6-11(8)15)13-18-12(21-19-13)7-16-14(20)17-10-4-5-10/h2-3,6,10H,4-5,7H2,1H3,(H2,16,17,20). The van der Waals surface area contributed by atoms with Crippen molar-refractivity contribution in [3.63, 3.8) is 0 Å². The van der Waals surface area contributed by atoms with Crippen LogP contribution >= 0.6 is 0 Å². The maximum absolute atomic E-state index is 13.5. The Labute approximate surface area is 120 Å². The van der Waals surface area contributed by atoms with Crippen molar-refractivity contribution < 1.29 is 13.7 Å². The number of hydrogen-bond acceptors (Lipinski definition) is 4. The van der Waals surface area contributed by atoms with E-state index >= 15 is 0 Å². The van der Waals surface area contributed by atoms with Gasteiger partial charge in [-0.05, 0) is 31.4 Å². The minimum Gasteiger partial charge on any atom is -0.337 e. The van der Waals surface area contributed by atoms with Crippen LogP contribution in [0, 0.1) is 12.7 Å². The molecule has 3 rings (SSSR count). The van der Waals surface area contributed by atoms with Crippen molar-refractivity contribution in [1.29, 1.82) is 0 Å². The lowest BCUT2D eigenvalue weighted by atomic mass is 10.1. The number of aryl methyl sites for hydroxylation is 1. The number of rotatable bonds is 4. The van der Waals surface area contributed by atoms with Gasteiger partial charge >= 0.3 is 6.03 Å². The zero-order chi connectivity index (χ0) is 14.8. The van der Waals surface area contributed by atoms with E-state index in [-0.39, 0.29) is 24.3 Å². The molecule has 1 aromatic carbocycles. The molecule has 1 aliphatic rings. The van der Waals surface area contributed by atoms with E-state index in [9.17, 15) is 9.18 Å². The highest BCUT2D eigenvalue weighted by molar-refractivity contribution is 5.74. The molecule has 7 heteroatoms. The molecule has 1 fully saturated rings. The largest absolute Gasteiger partial charge is 0.337 e. The number of carbonyl (C=O) groups excluding carboxylic acids is 1. The van der Waals surface area contributed by atoms with Crippen LogP contribution in [0.3, 0.4) is 0 Å². The molecular formula is C14H15FN4O2. The number of carbonyl (C=O) groups is 1. The number of halogens is 1. The van der Waals surface area contributed by atoms with E-state index in [1.807, 2.05) is 0 Å². The molecular weight excluding hydrogens is 275 g/mol. The van der Waals surface area contributed by atoms with Gasteiger partial charge in [0.05, 0.1) is 6.54 Å². The maximum atomic E-state index is 13.5. The second kappa shape index (κ2) is 5.51. The Morgan fingerprint density at radius 1 is 1.48 bits per heavy atom. The third-order valence-electron chi connectivity index (χ3n) is 3.21. The number of aromatic nitrogens is 2. The highest BCUT2D eigenvalue weighted by Gasteiger charge is 2.23. The van der Waals surface area contributed by atoms with Crippen LogP contribution in [0.15, 0.2) is 22.7 Å². The normalized spacial score (nSPS) is 14.0. The Balaban J connectivity index is 1.62. The molecule has 0 spiro atoms. The maximum Gasteiger partial charge on any atom is 0.315 e. The summed E-state index contributed by atoms with van der Waals surface area (Å²) in [5.41, 5.74) is 1.09. The number of benzene rings is 1. The number of nitrogens with one attached hydrogen (secondary N) is 2. The lowest BCUT2D eigenvalue weighted by Gasteiger charge is -2.02. The van der Waals surface area contributed by atoms with Crippen LogP contribution in [0.1, 0.15) is 24.3 Å². The van der Waals surface area contributed by atoms with Crippen molar-refractivity contribution in [2.75, 3.05) is 0 Å². The molecule has 2 aromatic rings. The molecule has 1 saturated carbocycles. The van der Waals surface area contributed by atoms with Crippen LogP contribution in [0.4, 0.5) is 9.18 Å². The quantitative estimate of drug-likeness (QED) is 0.904. The zero-order valence-electron chi connectivity index (χ0n) is 11.5. The lowest BCUT2D eigenvalue weighted by molar-refractivity contribution is 0.238. The molecule has 0 aliphatic heterocycles. The molecule has 6 nitrogen and oxygen atoms in total. The fourth-order valence-electron chi connectivity index (χ4n) is 1.80. The minimum absolute atomic E-state index is 0.139. The van der Waals surface area contributed by atoms with E-state index in [1.54, 1.807) is 19.1 Å². The van der Waals surface area contributed by atoms with Crippen molar-refractivity contribution in [3.8, 4) is 11.4 Å². The summed E-state index contributed by atoms with van der Waals surface area (Å²) in [5.74, 6) is 0.256. The van der Waals surface area contributed by atoms with Crippen molar-refractivity contribution in [3.05, 3.63) is 35.5 Å². The lowest BCUT2D eigenvalue weighted by Crippen LogP contribution is -2.36. The predicted molar refractivity (Wildman–Crippen MR) is 72.8 cm³/mol. The topological polar surface area (TPSA) is 80.0 Å². The third kappa shape index (κ3) is 3.36. The molecule has 2 N–H and O–H groups in total. The van der Waals surface area contributed by atoms with Crippen molar-refractivity contribution in [2.24, 2.45) is 0 Å². The van der Waals surface area contributed by atoms with Crippen LogP contribution in [0.25, 0.3) is 11.4 Å². The summed E-state index contributed by atoms with van der Waals surface area (Å²) < 4.78 is 18.5. The van der Waals surface area contributed by atoms with E-state index in [4.69, 9.17) is 4.52 Å². The van der Waals surface area contributed by atoms with Gasteiger partial charge in [-0.25, -0.2) is 9.18 Å². The summed E-state index contributed by atoms with van der Waals surface area (Å²) in [6.07, 6.45) is 2.05. The van der Waals surface area contributed by atoms with Gasteiger partial charge < -0.3 is 15.2 Å². The van der Waals surface area contributed by atoms with Gasteiger partial charge in [0.25, 0.3) is 0 Å². The second-order valence-electron chi connectivity index (χ2n) is 5.08. The number of amides is 2. The zero-order valence-corrected chi connectivity index (χ0v) is 11.5. The second-order valence-corrected chi connectivity index (χ2v) is 5.08. The molecule has 0 bridgehead atoms. The molecule has 2 amide bonds. The number of urea groups is 1. The van der Waals surface area contributed by atoms with Crippen molar-refractivity contribution in [1.82, 2.24) is 20.8 Å².